The Hall–Kier alpha value is -1.62. The lowest BCUT2D eigenvalue weighted by Crippen LogP contribution is -2.30. The number of ether oxygens (including phenoxy) is 1. The smallest absolute Gasteiger partial charge is 0.272 e. The fourth-order valence-corrected chi connectivity index (χ4v) is 2.01. The molecule has 0 saturated heterocycles. The van der Waals surface area contributed by atoms with Crippen molar-refractivity contribution in [3.63, 3.8) is 0 Å². The van der Waals surface area contributed by atoms with Gasteiger partial charge in [-0.1, -0.05) is 0 Å². The topological polar surface area (TPSA) is 46.6 Å². The minimum atomic E-state index is -0.350. The molecule has 5 heteroatoms. The van der Waals surface area contributed by atoms with Gasteiger partial charge in [0.25, 0.3) is 11.8 Å². The van der Waals surface area contributed by atoms with Crippen LogP contribution in [0.3, 0.4) is 0 Å². The van der Waals surface area contributed by atoms with Crippen LogP contribution in [0.25, 0.3) is 0 Å². The van der Waals surface area contributed by atoms with E-state index in [-0.39, 0.29) is 22.4 Å². The molecule has 18 heavy (non-hydrogen) atoms. The second-order valence-electron chi connectivity index (χ2n) is 4.13. The van der Waals surface area contributed by atoms with Crippen LogP contribution in [0.1, 0.15) is 13.8 Å². The van der Waals surface area contributed by atoms with Gasteiger partial charge in [-0.25, -0.2) is 4.90 Å². The molecule has 2 rings (SSSR count). The highest BCUT2D eigenvalue weighted by Crippen LogP contribution is 2.27. The Morgan fingerprint density at radius 3 is 2.22 bits per heavy atom. The van der Waals surface area contributed by atoms with Crippen molar-refractivity contribution >= 4 is 33.4 Å². The van der Waals surface area contributed by atoms with Gasteiger partial charge in [0.2, 0.25) is 0 Å². The van der Waals surface area contributed by atoms with Gasteiger partial charge in [-0.15, -0.1) is 0 Å². The monoisotopic (exact) mass is 309 g/mol. The van der Waals surface area contributed by atoms with Crippen LogP contribution in [0.2, 0.25) is 0 Å². The van der Waals surface area contributed by atoms with Crippen LogP contribution in [-0.4, -0.2) is 17.9 Å². The second kappa shape index (κ2) is 4.94. The molecular weight excluding hydrogens is 298 g/mol. The Balaban J connectivity index is 2.21. The number of carbonyl (C=O) groups is 2. The first-order valence-electron chi connectivity index (χ1n) is 5.51. The lowest BCUT2D eigenvalue weighted by Gasteiger charge is -2.15. The molecule has 4 nitrogen and oxygen atoms in total. The average Bonchev–Trinajstić information content (AvgIpc) is 2.54. The van der Waals surface area contributed by atoms with Gasteiger partial charge in [-0.2, -0.15) is 0 Å². The van der Waals surface area contributed by atoms with Gasteiger partial charge in [0.15, 0.2) is 0 Å². The SMILES string of the molecule is CC(C)Oc1ccc(N2C(=O)C=C(Br)C2=O)cc1. The maximum absolute atomic E-state index is 11.7. The van der Waals surface area contributed by atoms with E-state index in [4.69, 9.17) is 4.74 Å². The summed E-state index contributed by atoms with van der Waals surface area (Å²) < 4.78 is 5.77. The minimum Gasteiger partial charge on any atom is -0.491 e. The minimum absolute atomic E-state index is 0.0849. The van der Waals surface area contributed by atoms with Crippen molar-refractivity contribution in [2.24, 2.45) is 0 Å². The maximum atomic E-state index is 11.7. The van der Waals surface area contributed by atoms with E-state index in [0.29, 0.717) is 11.4 Å². The maximum Gasteiger partial charge on any atom is 0.272 e. The lowest BCUT2D eigenvalue weighted by atomic mass is 10.2. The van der Waals surface area contributed by atoms with E-state index in [9.17, 15) is 9.59 Å². The highest BCUT2D eigenvalue weighted by molar-refractivity contribution is 9.12. The number of anilines is 1. The molecule has 1 aromatic rings. The van der Waals surface area contributed by atoms with Crippen molar-refractivity contribution in [1.29, 1.82) is 0 Å². The van der Waals surface area contributed by atoms with Crippen LogP contribution in [0.4, 0.5) is 5.69 Å². The number of hydrogen-bond acceptors (Lipinski definition) is 3. The number of nitrogens with zero attached hydrogens (tertiary/aromatic N) is 1. The van der Waals surface area contributed by atoms with Crippen molar-refractivity contribution in [2.45, 2.75) is 20.0 Å². The number of carbonyl (C=O) groups excluding carboxylic acids is 2. The third-order valence-electron chi connectivity index (χ3n) is 2.34. The molecule has 0 atom stereocenters. The van der Waals surface area contributed by atoms with E-state index in [1.807, 2.05) is 13.8 Å². The summed E-state index contributed by atoms with van der Waals surface area (Å²) in [5, 5.41) is 0. The van der Waals surface area contributed by atoms with Gasteiger partial charge in [-0.3, -0.25) is 9.59 Å². The average molecular weight is 310 g/mol. The highest BCUT2D eigenvalue weighted by Gasteiger charge is 2.30. The predicted molar refractivity (Wildman–Crippen MR) is 71.7 cm³/mol. The molecule has 1 aliphatic rings. The summed E-state index contributed by atoms with van der Waals surface area (Å²) in [7, 11) is 0. The molecule has 1 aromatic carbocycles. The summed E-state index contributed by atoms with van der Waals surface area (Å²) in [4.78, 5) is 24.5. The van der Waals surface area contributed by atoms with Crippen molar-refractivity contribution in [3.05, 3.63) is 34.8 Å². The Bertz CT molecular complexity index is 520. The van der Waals surface area contributed by atoms with Gasteiger partial charge in [-0.05, 0) is 54.0 Å². The van der Waals surface area contributed by atoms with Gasteiger partial charge in [0.1, 0.15) is 5.75 Å². The fraction of sp³-hybridized carbons (Fsp3) is 0.231. The first-order valence-corrected chi connectivity index (χ1v) is 6.30. The van der Waals surface area contributed by atoms with Crippen LogP contribution in [0, 0.1) is 0 Å². The van der Waals surface area contributed by atoms with Crippen LogP contribution < -0.4 is 9.64 Å². The molecule has 1 aliphatic heterocycles. The third-order valence-corrected chi connectivity index (χ3v) is 2.91. The fourth-order valence-electron chi connectivity index (χ4n) is 1.63. The van der Waals surface area contributed by atoms with E-state index in [1.54, 1.807) is 24.3 Å². The molecule has 0 saturated carbocycles. The molecule has 0 aromatic heterocycles. The molecule has 0 bridgehead atoms. The van der Waals surface area contributed by atoms with E-state index in [2.05, 4.69) is 15.9 Å². The number of halogens is 1. The van der Waals surface area contributed by atoms with Crippen LogP contribution in [-0.2, 0) is 9.59 Å². The number of amides is 2. The predicted octanol–water partition coefficient (Wildman–Crippen LogP) is 2.63. The van der Waals surface area contributed by atoms with E-state index in [1.165, 1.54) is 6.08 Å². The Kier molecular flexibility index (Phi) is 3.52. The molecule has 2 amide bonds. The van der Waals surface area contributed by atoms with Gasteiger partial charge < -0.3 is 4.74 Å². The van der Waals surface area contributed by atoms with E-state index >= 15 is 0 Å². The molecule has 0 radical (unpaired) electrons. The summed E-state index contributed by atoms with van der Waals surface area (Å²) in [6, 6.07) is 6.85. The van der Waals surface area contributed by atoms with Crippen molar-refractivity contribution < 1.29 is 14.3 Å². The first kappa shape index (κ1) is 12.8. The van der Waals surface area contributed by atoms with Crippen LogP contribution >= 0.6 is 15.9 Å². The molecule has 0 aliphatic carbocycles. The largest absolute Gasteiger partial charge is 0.491 e. The Morgan fingerprint density at radius 1 is 1.17 bits per heavy atom. The molecule has 0 N–H and O–H groups in total. The quantitative estimate of drug-likeness (QED) is 0.806. The summed E-state index contributed by atoms with van der Waals surface area (Å²) >= 11 is 3.05. The Labute approximate surface area is 113 Å². The second-order valence-corrected chi connectivity index (χ2v) is 4.99. The van der Waals surface area contributed by atoms with Gasteiger partial charge in [0.05, 0.1) is 16.3 Å². The van der Waals surface area contributed by atoms with Crippen molar-refractivity contribution in [3.8, 4) is 5.75 Å². The Morgan fingerprint density at radius 2 is 1.78 bits per heavy atom. The number of benzene rings is 1. The standard InChI is InChI=1S/C13H12BrNO3/c1-8(2)18-10-5-3-9(4-6-10)15-12(16)7-11(14)13(15)17/h3-8H,1-2H3. The highest BCUT2D eigenvalue weighted by atomic mass is 79.9. The van der Waals surface area contributed by atoms with E-state index in [0.717, 1.165) is 4.90 Å². The van der Waals surface area contributed by atoms with Gasteiger partial charge in [0, 0.05) is 6.08 Å². The molecule has 1 heterocycles. The van der Waals surface area contributed by atoms with Crippen molar-refractivity contribution in [2.75, 3.05) is 4.90 Å². The van der Waals surface area contributed by atoms with Crippen LogP contribution in [0.5, 0.6) is 5.75 Å². The molecule has 0 unspecified atom stereocenters. The summed E-state index contributed by atoms with van der Waals surface area (Å²) in [5.41, 5.74) is 0.534. The molecule has 0 fully saturated rings. The zero-order chi connectivity index (χ0) is 13.3. The third kappa shape index (κ3) is 2.46. The normalized spacial score (nSPS) is 15.3. The van der Waals surface area contributed by atoms with Crippen molar-refractivity contribution in [1.82, 2.24) is 0 Å². The summed E-state index contributed by atoms with van der Waals surface area (Å²) in [6.07, 6.45) is 1.35. The number of hydrogen-bond donors (Lipinski definition) is 0. The zero-order valence-corrected chi connectivity index (χ0v) is 11.6. The number of imide groups is 1. The van der Waals surface area contributed by atoms with E-state index < -0.39 is 0 Å². The number of rotatable bonds is 3. The summed E-state index contributed by atoms with van der Waals surface area (Å²) in [6.45, 7) is 3.87. The molecule has 0 spiro atoms. The molecule has 94 valence electrons. The summed E-state index contributed by atoms with van der Waals surface area (Å²) in [5.74, 6) is 0.0156. The lowest BCUT2D eigenvalue weighted by molar-refractivity contribution is -0.120. The first-order chi connectivity index (χ1) is 8.49. The zero-order valence-electron chi connectivity index (χ0n) is 10.0. The van der Waals surface area contributed by atoms with Gasteiger partial charge >= 0.3 is 0 Å². The van der Waals surface area contributed by atoms with Crippen LogP contribution in [0.15, 0.2) is 34.8 Å². The molecular formula is C13H12BrNO3.